The van der Waals surface area contributed by atoms with Crippen LogP contribution in [-0.2, 0) is 6.42 Å². The lowest BCUT2D eigenvalue weighted by Crippen LogP contribution is -2.34. The summed E-state index contributed by atoms with van der Waals surface area (Å²) in [5, 5.41) is 0.766. The Morgan fingerprint density at radius 1 is 0.931 bits per heavy atom. The lowest BCUT2D eigenvalue weighted by molar-refractivity contribution is 0.100. The quantitative estimate of drug-likeness (QED) is 0.604. The van der Waals surface area contributed by atoms with E-state index in [9.17, 15) is 4.79 Å². The fourth-order valence-corrected chi connectivity index (χ4v) is 4.28. The van der Waals surface area contributed by atoms with Crippen molar-refractivity contribution in [2.75, 3.05) is 18.0 Å². The van der Waals surface area contributed by atoms with Crippen LogP contribution in [0.25, 0.3) is 11.1 Å². The highest BCUT2D eigenvalue weighted by Crippen LogP contribution is 2.31. The molecular formula is C25H25ClN2O. The van der Waals surface area contributed by atoms with Crippen LogP contribution in [0.15, 0.2) is 72.8 Å². The third-order valence-electron chi connectivity index (χ3n) is 5.81. The van der Waals surface area contributed by atoms with Gasteiger partial charge < -0.3 is 10.6 Å². The number of anilines is 1. The molecule has 0 radical (unpaired) electrons. The molecule has 0 atom stereocenters. The highest BCUT2D eigenvalue weighted by atomic mass is 35.5. The summed E-state index contributed by atoms with van der Waals surface area (Å²) >= 11 is 6.06. The summed E-state index contributed by atoms with van der Waals surface area (Å²) in [7, 11) is 0. The van der Waals surface area contributed by atoms with Gasteiger partial charge in [0.2, 0.25) is 5.91 Å². The maximum atomic E-state index is 11.3. The summed E-state index contributed by atoms with van der Waals surface area (Å²) in [6.07, 6.45) is 3.41. The summed E-state index contributed by atoms with van der Waals surface area (Å²) < 4.78 is 0. The molecule has 2 N–H and O–H groups in total. The molecule has 29 heavy (non-hydrogen) atoms. The SMILES string of the molecule is NC(=O)c1ccc(N2CCC(Cc3ccccc3-c3ccc(Cl)cc3)CC2)cc1. The molecule has 0 unspecified atom stereocenters. The molecule has 1 saturated heterocycles. The number of piperidine rings is 1. The molecule has 148 valence electrons. The number of hydrogen-bond donors (Lipinski definition) is 1. The first-order valence-electron chi connectivity index (χ1n) is 10.1. The molecule has 1 fully saturated rings. The Morgan fingerprint density at radius 2 is 1.59 bits per heavy atom. The normalized spacial score (nSPS) is 14.7. The van der Waals surface area contributed by atoms with E-state index in [1.807, 2.05) is 36.4 Å². The summed E-state index contributed by atoms with van der Waals surface area (Å²) in [4.78, 5) is 13.6. The van der Waals surface area contributed by atoms with Gasteiger partial charge in [0.1, 0.15) is 0 Å². The zero-order chi connectivity index (χ0) is 20.2. The molecule has 1 amide bonds. The molecule has 0 saturated carbocycles. The zero-order valence-corrected chi connectivity index (χ0v) is 17.1. The molecule has 0 aliphatic carbocycles. The second kappa shape index (κ2) is 8.71. The number of halogens is 1. The van der Waals surface area contributed by atoms with Crippen LogP contribution in [-0.4, -0.2) is 19.0 Å². The second-order valence-electron chi connectivity index (χ2n) is 7.71. The molecular weight excluding hydrogens is 380 g/mol. The van der Waals surface area contributed by atoms with Gasteiger partial charge in [0.15, 0.2) is 0 Å². The Hall–Kier alpha value is -2.78. The molecule has 3 aromatic carbocycles. The van der Waals surface area contributed by atoms with Crippen LogP contribution in [0.1, 0.15) is 28.8 Å². The van der Waals surface area contributed by atoms with Crippen molar-refractivity contribution in [2.45, 2.75) is 19.3 Å². The second-order valence-corrected chi connectivity index (χ2v) is 8.15. The van der Waals surface area contributed by atoms with Gasteiger partial charge in [-0.05, 0) is 78.3 Å². The first-order valence-corrected chi connectivity index (χ1v) is 10.5. The van der Waals surface area contributed by atoms with E-state index in [4.69, 9.17) is 17.3 Å². The fourth-order valence-electron chi connectivity index (χ4n) is 4.15. The minimum Gasteiger partial charge on any atom is -0.372 e. The number of nitrogens with two attached hydrogens (primary N) is 1. The third kappa shape index (κ3) is 4.63. The highest BCUT2D eigenvalue weighted by Gasteiger charge is 2.21. The predicted octanol–water partition coefficient (Wildman–Crippen LogP) is 5.57. The van der Waals surface area contributed by atoms with Gasteiger partial charge in [0.05, 0.1) is 0 Å². The van der Waals surface area contributed by atoms with Gasteiger partial charge in [0, 0.05) is 29.4 Å². The smallest absolute Gasteiger partial charge is 0.248 e. The van der Waals surface area contributed by atoms with E-state index in [-0.39, 0.29) is 5.91 Å². The summed E-state index contributed by atoms with van der Waals surface area (Å²) in [6, 6.07) is 24.4. The van der Waals surface area contributed by atoms with E-state index >= 15 is 0 Å². The van der Waals surface area contributed by atoms with E-state index < -0.39 is 0 Å². The van der Waals surface area contributed by atoms with Crippen LogP contribution in [0.2, 0.25) is 5.02 Å². The topological polar surface area (TPSA) is 46.3 Å². The van der Waals surface area contributed by atoms with Crippen LogP contribution in [0.5, 0.6) is 0 Å². The van der Waals surface area contributed by atoms with Crippen molar-refractivity contribution in [1.82, 2.24) is 0 Å². The first kappa shape index (κ1) is 19.5. The lowest BCUT2D eigenvalue weighted by Gasteiger charge is -2.34. The number of nitrogens with zero attached hydrogens (tertiary/aromatic N) is 1. The molecule has 0 aromatic heterocycles. The molecule has 0 bridgehead atoms. The Kier molecular flexibility index (Phi) is 5.86. The average Bonchev–Trinajstić information content (AvgIpc) is 2.75. The van der Waals surface area contributed by atoms with Gasteiger partial charge in [-0.3, -0.25) is 4.79 Å². The standard InChI is InChI=1S/C25H25ClN2O/c26-22-9-5-19(6-10-22)24-4-2-1-3-21(24)17-18-13-15-28(16-14-18)23-11-7-20(8-12-23)25(27)29/h1-12,18H,13-17H2,(H2,27,29). The number of rotatable bonds is 5. The zero-order valence-electron chi connectivity index (χ0n) is 16.4. The van der Waals surface area contributed by atoms with Crippen molar-refractivity contribution in [1.29, 1.82) is 0 Å². The van der Waals surface area contributed by atoms with E-state index in [1.165, 1.54) is 16.7 Å². The maximum Gasteiger partial charge on any atom is 0.248 e. The van der Waals surface area contributed by atoms with Crippen molar-refractivity contribution >= 4 is 23.2 Å². The molecule has 4 rings (SSSR count). The van der Waals surface area contributed by atoms with Crippen LogP contribution in [0.4, 0.5) is 5.69 Å². The number of amides is 1. The number of primary amides is 1. The summed E-state index contributed by atoms with van der Waals surface area (Å²) in [5.41, 5.74) is 11.0. The van der Waals surface area contributed by atoms with Crippen LogP contribution >= 0.6 is 11.6 Å². The molecule has 3 nitrogen and oxygen atoms in total. The van der Waals surface area contributed by atoms with E-state index in [0.717, 1.165) is 43.1 Å². The van der Waals surface area contributed by atoms with Crippen LogP contribution in [0, 0.1) is 5.92 Å². The largest absolute Gasteiger partial charge is 0.372 e. The lowest BCUT2D eigenvalue weighted by atomic mass is 9.87. The average molecular weight is 405 g/mol. The monoisotopic (exact) mass is 404 g/mol. The van der Waals surface area contributed by atoms with Gasteiger partial charge in [-0.15, -0.1) is 0 Å². The van der Waals surface area contributed by atoms with Gasteiger partial charge in [-0.25, -0.2) is 0 Å². The molecule has 1 aliphatic heterocycles. The van der Waals surface area contributed by atoms with Crippen molar-refractivity contribution < 1.29 is 4.79 Å². The van der Waals surface area contributed by atoms with Crippen molar-refractivity contribution in [2.24, 2.45) is 11.7 Å². The Bertz CT molecular complexity index is 974. The molecule has 0 spiro atoms. The van der Waals surface area contributed by atoms with E-state index in [0.29, 0.717) is 11.5 Å². The minimum absolute atomic E-state index is 0.380. The maximum absolute atomic E-state index is 11.3. The van der Waals surface area contributed by atoms with Crippen molar-refractivity contribution in [3.8, 4) is 11.1 Å². The first-order chi connectivity index (χ1) is 14.1. The Morgan fingerprint density at radius 3 is 2.24 bits per heavy atom. The van der Waals surface area contributed by atoms with Crippen molar-refractivity contribution in [3.05, 3.63) is 88.9 Å². The number of hydrogen-bond acceptors (Lipinski definition) is 2. The number of benzene rings is 3. The summed E-state index contributed by atoms with van der Waals surface area (Å²) in [6.45, 7) is 2.06. The molecule has 1 heterocycles. The molecule has 1 aliphatic rings. The van der Waals surface area contributed by atoms with Gasteiger partial charge >= 0.3 is 0 Å². The summed E-state index contributed by atoms with van der Waals surface area (Å²) in [5.74, 6) is 0.291. The minimum atomic E-state index is -0.380. The molecule has 4 heteroatoms. The number of carbonyl (C=O) groups is 1. The van der Waals surface area contributed by atoms with Gasteiger partial charge in [-0.1, -0.05) is 48.0 Å². The fraction of sp³-hybridized carbons (Fsp3) is 0.240. The third-order valence-corrected chi connectivity index (χ3v) is 6.06. The van der Waals surface area contributed by atoms with E-state index in [1.54, 1.807) is 0 Å². The van der Waals surface area contributed by atoms with Crippen LogP contribution in [0.3, 0.4) is 0 Å². The van der Waals surface area contributed by atoms with Crippen LogP contribution < -0.4 is 10.6 Å². The van der Waals surface area contributed by atoms with E-state index in [2.05, 4.69) is 41.3 Å². The van der Waals surface area contributed by atoms with Crippen molar-refractivity contribution in [3.63, 3.8) is 0 Å². The Labute approximate surface area is 177 Å². The van der Waals surface area contributed by atoms with Gasteiger partial charge in [0.25, 0.3) is 0 Å². The predicted molar refractivity (Wildman–Crippen MR) is 120 cm³/mol. The highest BCUT2D eigenvalue weighted by molar-refractivity contribution is 6.30. The Balaban J connectivity index is 1.41. The molecule has 3 aromatic rings. The van der Waals surface area contributed by atoms with Gasteiger partial charge in [-0.2, -0.15) is 0 Å². The number of carbonyl (C=O) groups excluding carboxylic acids is 1.